The molecule has 0 radical (unpaired) electrons. The van der Waals surface area contributed by atoms with Gasteiger partial charge in [0.2, 0.25) is 5.91 Å². The number of hydrogen-bond acceptors (Lipinski definition) is 5. The van der Waals surface area contributed by atoms with Gasteiger partial charge in [0.1, 0.15) is 0 Å². The molecule has 2 fully saturated rings. The highest BCUT2D eigenvalue weighted by Crippen LogP contribution is 2.27. The maximum Gasteiger partial charge on any atom is 0.338 e. The summed E-state index contributed by atoms with van der Waals surface area (Å²) >= 11 is 0. The van der Waals surface area contributed by atoms with Crippen LogP contribution in [0.1, 0.15) is 55.8 Å². The standard InChI is InChI=1S/C20H26N2O4/c1-2-3-13-26-20(25)15-7-9-16(10-8-15)22-18(23)14-17(19(22)24)21-11-5-4-6-12-21/h7-10,17H,2-6,11-14H2,1H3/t17-/m0/s1. The molecule has 2 aliphatic heterocycles. The summed E-state index contributed by atoms with van der Waals surface area (Å²) in [5, 5.41) is 0. The van der Waals surface area contributed by atoms with E-state index in [1.54, 1.807) is 24.3 Å². The Labute approximate surface area is 154 Å². The lowest BCUT2D eigenvalue weighted by atomic mass is 10.1. The van der Waals surface area contributed by atoms with Crippen molar-refractivity contribution in [3.8, 4) is 0 Å². The third-order valence-corrected chi connectivity index (χ3v) is 5.05. The minimum Gasteiger partial charge on any atom is -0.462 e. The maximum absolute atomic E-state index is 12.8. The van der Waals surface area contributed by atoms with Crippen molar-refractivity contribution in [2.24, 2.45) is 0 Å². The molecule has 2 aliphatic rings. The van der Waals surface area contributed by atoms with Gasteiger partial charge in [-0.3, -0.25) is 14.5 Å². The fraction of sp³-hybridized carbons (Fsp3) is 0.550. The van der Waals surface area contributed by atoms with Gasteiger partial charge in [-0.15, -0.1) is 0 Å². The van der Waals surface area contributed by atoms with Crippen molar-refractivity contribution in [1.29, 1.82) is 0 Å². The average Bonchev–Trinajstić information content (AvgIpc) is 2.97. The van der Waals surface area contributed by atoms with Gasteiger partial charge in [0, 0.05) is 0 Å². The molecule has 0 N–H and O–H groups in total. The summed E-state index contributed by atoms with van der Waals surface area (Å²) in [6, 6.07) is 6.16. The van der Waals surface area contributed by atoms with Gasteiger partial charge >= 0.3 is 5.97 Å². The number of benzene rings is 1. The number of anilines is 1. The zero-order valence-electron chi connectivity index (χ0n) is 15.3. The molecule has 2 heterocycles. The number of unbranched alkanes of at least 4 members (excludes halogenated alkanes) is 1. The highest BCUT2D eigenvalue weighted by atomic mass is 16.5. The second-order valence-corrected chi connectivity index (χ2v) is 6.92. The Hall–Kier alpha value is -2.21. The highest BCUT2D eigenvalue weighted by Gasteiger charge is 2.42. The van der Waals surface area contributed by atoms with Crippen LogP contribution in [-0.2, 0) is 14.3 Å². The topological polar surface area (TPSA) is 66.9 Å². The van der Waals surface area contributed by atoms with E-state index < -0.39 is 0 Å². The van der Waals surface area contributed by atoms with E-state index in [0.717, 1.165) is 38.8 Å². The Balaban J connectivity index is 1.67. The minimum absolute atomic E-state index is 0.157. The van der Waals surface area contributed by atoms with Crippen molar-refractivity contribution in [2.75, 3.05) is 24.6 Å². The summed E-state index contributed by atoms with van der Waals surface area (Å²) in [5.41, 5.74) is 0.946. The number of carbonyl (C=O) groups excluding carboxylic acids is 3. The predicted octanol–water partition coefficient (Wildman–Crippen LogP) is 2.76. The molecule has 1 atom stereocenters. The molecule has 6 heteroatoms. The molecule has 0 saturated carbocycles. The number of likely N-dealkylation sites (tertiary alicyclic amines) is 1. The monoisotopic (exact) mass is 358 g/mol. The molecule has 6 nitrogen and oxygen atoms in total. The molecule has 0 unspecified atom stereocenters. The van der Waals surface area contributed by atoms with E-state index in [0.29, 0.717) is 17.9 Å². The molecule has 3 rings (SSSR count). The fourth-order valence-electron chi connectivity index (χ4n) is 3.54. The van der Waals surface area contributed by atoms with Crippen molar-refractivity contribution < 1.29 is 19.1 Å². The molecule has 0 spiro atoms. The number of ether oxygens (including phenoxy) is 1. The smallest absolute Gasteiger partial charge is 0.338 e. The van der Waals surface area contributed by atoms with Gasteiger partial charge in [0.15, 0.2) is 0 Å². The van der Waals surface area contributed by atoms with Crippen LogP contribution in [0.4, 0.5) is 5.69 Å². The van der Waals surface area contributed by atoms with Crippen molar-refractivity contribution >= 4 is 23.5 Å². The van der Waals surface area contributed by atoms with Crippen LogP contribution >= 0.6 is 0 Å². The van der Waals surface area contributed by atoms with Gasteiger partial charge in [-0.1, -0.05) is 19.8 Å². The molecule has 2 saturated heterocycles. The zero-order valence-corrected chi connectivity index (χ0v) is 15.3. The molecule has 0 aromatic heterocycles. The van der Waals surface area contributed by atoms with E-state index in [4.69, 9.17) is 4.74 Å². The summed E-state index contributed by atoms with van der Waals surface area (Å²) in [5.74, 6) is -0.714. The number of nitrogens with zero attached hydrogens (tertiary/aromatic N) is 2. The number of rotatable bonds is 6. The van der Waals surface area contributed by atoms with E-state index in [-0.39, 0.29) is 30.2 Å². The van der Waals surface area contributed by atoms with Crippen LogP contribution in [0.3, 0.4) is 0 Å². The Morgan fingerprint density at radius 2 is 1.81 bits per heavy atom. The quantitative estimate of drug-likeness (QED) is 0.444. The average molecular weight is 358 g/mol. The van der Waals surface area contributed by atoms with E-state index in [9.17, 15) is 14.4 Å². The van der Waals surface area contributed by atoms with Gasteiger partial charge in [-0.05, 0) is 56.6 Å². The summed E-state index contributed by atoms with van der Waals surface area (Å²) in [4.78, 5) is 40.5. The van der Waals surface area contributed by atoms with Crippen LogP contribution in [0.5, 0.6) is 0 Å². The summed E-state index contributed by atoms with van der Waals surface area (Å²) < 4.78 is 5.18. The molecule has 2 amide bonds. The second kappa shape index (κ2) is 8.45. The molecular formula is C20H26N2O4. The minimum atomic E-state index is -0.379. The van der Waals surface area contributed by atoms with Crippen molar-refractivity contribution in [3.05, 3.63) is 29.8 Å². The lowest BCUT2D eigenvalue weighted by Crippen LogP contribution is -2.44. The van der Waals surface area contributed by atoms with Crippen LogP contribution in [0.2, 0.25) is 0 Å². The van der Waals surface area contributed by atoms with E-state index in [1.165, 1.54) is 11.3 Å². The molecule has 26 heavy (non-hydrogen) atoms. The number of hydrogen-bond donors (Lipinski definition) is 0. The lowest BCUT2D eigenvalue weighted by molar-refractivity contribution is -0.123. The van der Waals surface area contributed by atoms with Crippen LogP contribution < -0.4 is 4.90 Å². The van der Waals surface area contributed by atoms with E-state index >= 15 is 0 Å². The van der Waals surface area contributed by atoms with Crippen LogP contribution in [0, 0.1) is 0 Å². The molecule has 0 bridgehead atoms. The van der Waals surface area contributed by atoms with Crippen molar-refractivity contribution in [2.45, 2.75) is 51.5 Å². The van der Waals surface area contributed by atoms with Crippen LogP contribution in [0.25, 0.3) is 0 Å². The number of piperidine rings is 1. The summed E-state index contributed by atoms with van der Waals surface area (Å²) in [7, 11) is 0. The zero-order chi connectivity index (χ0) is 18.5. The SMILES string of the molecule is CCCCOC(=O)c1ccc(N2C(=O)C[C@H](N3CCCCC3)C2=O)cc1. The summed E-state index contributed by atoms with van der Waals surface area (Å²) in [6.45, 7) is 4.18. The van der Waals surface area contributed by atoms with Crippen molar-refractivity contribution in [3.63, 3.8) is 0 Å². The summed E-state index contributed by atoms with van der Waals surface area (Å²) in [6.07, 6.45) is 5.37. The normalized spacial score (nSPS) is 21.3. The largest absolute Gasteiger partial charge is 0.462 e. The van der Waals surface area contributed by atoms with Gasteiger partial charge in [-0.2, -0.15) is 0 Å². The van der Waals surface area contributed by atoms with Gasteiger partial charge < -0.3 is 4.74 Å². The van der Waals surface area contributed by atoms with Gasteiger partial charge in [-0.25, -0.2) is 9.69 Å². The van der Waals surface area contributed by atoms with E-state index in [1.807, 2.05) is 6.92 Å². The Morgan fingerprint density at radius 1 is 1.12 bits per heavy atom. The predicted molar refractivity (Wildman–Crippen MR) is 98.0 cm³/mol. The third-order valence-electron chi connectivity index (χ3n) is 5.05. The molecule has 0 aliphatic carbocycles. The highest BCUT2D eigenvalue weighted by molar-refractivity contribution is 6.22. The first-order chi connectivity index (χ1) is 12.6. The Kier molecular flexibility index (Phi) is 6.04. The van der Waals surface area contributed by atoms with Gasteiger partial charge in [0.05, 0.1) is 30.3 Å². The molecule has 140 valence electrons. The molecule has 1 aromatic carbocycles. The Morgan fingerprint density at radius 3 is 2.46 bits per heavy atom. The molecular weight excluding hydrogens is 332 g/mol. The first-order valence-electron chi connectivity index (χ1n) is 9.50. The second-order valence-electron chi connectivity index (χ2n) is 6.92. The van der Waals surface area contributed by atoms with Crippen LogP contribution in [-0.4, -0.2) is 48.4 Å². The maximum atomic E-state index is 12.8. The number of amides is 2. The number of carbonyl (C=O) groups is 3. The fourth-order valence-corrected chi connectivity index (χ4v) is 3.54. The first kappa shape index (κ1) is 18.6. The van der Waals surface area contributed by atoms with Crippen LogP contribution in [0.15, 0.2) is 24.3 Å². The Bertz CT molecular complexity index is 665. The van der Waals surface area contributed by atoms with E-state index in [2.05, 4.69) is 4.90 Å². The first-order valence-corrected chi connectivity index (χ1v) is 9.50. The molecule has 1 aromatic rings. The van der Waals surface area contributed by atoms with Gasteiger partial charge in [0.25, 0.3) is 5.91 Å². The lowest BCUT2D eigenvalue weighted by Gasteiger charge is -2.30. The number of esters is 1. The van der Waals surface area contributed by atoms with Crippen molar-refractivity contribution in [1.82, 2.24) is 4.90 Å². The third kappa shape index (κ3) is 3.96. The number of imide groups is 1.